The van der Waals surface area contributed by atoms with Gasteiger partial charge in [-0.3, -0.25) is 9.67 Å². The van der Waals surface area contributed by atoms with Crippen molar-refractivity contribution >= 4 is 23.3 Å². The standard InChI is InChI=1S/C10H14N4.ClH/c1-3-14-10-6-12-9(7(2)11)4-8(10)5-13-14;/h4-7H,3,11H2,1-2H3;1H/t7-;/m1./s1. The highest BCUT2D eigenvalue weighted by atomic mass is 35.5. The summed E-state index contributed by atoms with van der Waals surface area (Å²) in [5, 5.41) is 5.36. The number of halogens is 1. The SMILES string of the molecule is CCn1ncc2cc([C@@H](C)N)ncc21.Cl. The molecule has 0 bridgehead atoms. The molecule has 2 heterocycles. The highest BCUT2D eigenvalue weighted by Gasteiger charge is 2.05. The van der Waals surface area contributed by atoms with E-state index in [-0.39, 0.29) is 18.4 Å². The van der Waals surface area contributed by atoms with E-state index in [1.165, 1.54) is 0 Å². The Kier molecular flexibility index (Phi) is 3.66. The summed E-state index contributed by atoms with van der Waals surface area (Å²) in [5.74, 6) is 0. The average Bonchev–Trinajstić information content (AvgIpc) is 2.59. The van der Waals surface area contributed by atoms with E-state index in [9.17, 15) is 0 Å². The molecule has 0 unspecified atom stereocenters. The predicted octanol–water partition coefficient (Wildman–Crippen LogP) is 1.89. The van der Waals surface area contributed by atoms with Crippen LogP contribution in [0.5, 0.6) is 0 Å². The number of aromatic nitrogens is 3. The molecule has 0 aliphatic rings. The van der Waals surface area contributed by atoms with E-state index in [1.54, 1.807) is 0 Å². The largest absolute Gasteiger partial charge is 0.323 e. The van der Waals surface area contributed by atoms with Crippen LogP contribution < -0.4 is 5.73 Å². The van der Waals surface area contributed by atoms with E-state index in [0.29, 0.717) is 0 Å². The Morgan fingerprint density at radius 2 is 2.20 bits per heavy atom. The van der Waals surface area contributed by atoms with Crippen LogP contribution in [-0.4, -0.2) is 14.8 Å². The smallest absolute Gasteiger partial charge is 0.0865 e. The minimum Gasteiger partial charge on any atom is -0.323 e. The molecule has 2 N–H and O–H groups in total. The lowest BCUT2D eigenvalue weighted by atomic mass is 10.2. The Morgan fingerprint density at radius 1 is 1.47 bits per heavy atom. The molecule has 0 amide bonds. The molecule has 82 valence electrons. The first-order chi connectivity index (χ1) is 6.72. The zero-order valence-corrected chi connectivity index (χ0v) is 9.66. The molecular weight excluding hydrogens is 212 g/mol. The summed E-state index contributed by atoms with van der Waals surface area (Å²) in [6, 6.07) is 1.98. The number of aryl methyl sites for hydroxylation is 1. The summed E-state index contributed by atoms with van der Waals surface area (Å²) < 4.78 is 1.92. The summed E-state index contributed by atoms with van der Waals surface area (Å²) in [5.41, 5.74) is 7.73. The quantitative estimate of drug-likeness (QED) is 0.851. The number of nitrogens with zero attached hydrogens (tertiary/aromatic N) is 3. The van der Waals surface area contributed by atoms with E-state index in [0.717, 1.165) is 23.1 Å². The Morgan fingerprint density at radius 3 is 2.80 bits per heavy atom. The Bertz CT molecular complexity index is 450. The summed E-state index contributed by atoms with van der Waals surface area (Å²) in [7, 11) is 0. The van der Waals surface area contributed by atoms with Crippen LogP contribution in [0.25, 0.3) is 10.9 Å². The fourth-order valence-corrected chi connectivity index (χ4v) is 1.49. The van der Waals surface area contributed by atoms with Crippen molar-refractivity contribution in [1.82, 2.24) is 14.8 Å². The minimum atomic E-state index is -0.0237. The third-order valence-corrected chi connectivity index (χ3v) is 2.32. The van der Waals surface area contributed by atoms with Crippen LogP contribution in [0.2, 0.25) is 0 Å². The molecule has 5 heteroatoms. The molecule has 2 aromatic heterocycles. The number of rotatable bonds is 2. The predicted molar refractivity (Wildman–Crippen MR) is 63.1 cm³/mol. The van der Waals surface area contributed by atoms with Crippen LogP contribution in [0.1, 0.15) is 25.6 Å². The summed E-state index contributed by atoms with van der Waals surface area (Å²) in [4.78, 5) is 4.30. The second kappa shape index (κ2) is 4.59. The third-order valence-electron chi connectivity index (χ3n) is 2.32. The van der Waals surface area contributed by atoms with E-state index >= 15 is 0 Å². The van der Waals surface area contributed by atoms with Crippen LogP contribution in [-0.2, 0) is 6.54 Å². The first-order valence-electron chi connectivity index (χ1n) is 4.79. The number of nitrogens with two attached hydrogens (primary N) is 1. The molecule has 0 radical (unpaired) electrons. The molecule has 0 aliphatic heterocycles. The lowest BCUT2D eigenvalue weighted by Gasteiger charge is -2.04. The monoisotopic (exact) mass is 226 g/mol. The second-order valence-corrected chi connectivity index (χ2v) is 3.42. The fraction of sp³-hybridized carbons (Fsp3) is 0.400. The van der Waals surface area contributed by atoms with Gasteiger partial charge >= 0.3 is 0 Å². The molecule has 0 saturated carbocycles. The van der Waals surface area contributed by atoms with Gasteiger partial charge in [-0.25, -0.2) is 0 Å². The van der Waals surface area contributed by atoms with E-state index in [2.05, 4.69) is 17.0 Å². The molecule has 0 spiro atoms. The highest BCUT2D eigenvalue weighted by Crippen LogP contribution is 2.16. The van der Waals surface area contributed by atoms with Gasteiger partial charge < -0.3 is 5.73 Å². The van der Waals surface area contributed by atoms with Crippen molar-refractivity contribution in [2.24, 2.45) is 5.73 Å². The molecule has 0 saturated heterocycles. The van der Waals surface area contributed by atoms with Crippen molar-refractivity contribution in [3.63, 3.8) is 0 Å². The maximum Gasteiger partial charge on any atom is 0.0865 e. The van der Waals surface area contributed by atoms with E-state index in [4.69, 9.17) is 5.73 Å². The fourth-order valence-electron chi connectivity index (χ4n) is 1.49. The van der Waals surface area contributed by atoms with Gasteiger partial charge in [0.15, 0.2) is 0 Å². The number of hydrogen-bond donors (Lipinski definition) is 1. The van der Waals surface area contributed by atoms with Gasteiger partial charge in [-0.15, -0.1) is 12.4 Å². The average molecular weight is 227 g/mol. The van der Waals surface area contributed by atoms with Gasteiger partial charge in [0.2, 0.25) is 0 Å². The van der Waals surface area contributed by atoms with Crippen molar-refractivity contribution in [3.8, 4) is 0 Å². The summed E-state index contributed by atoms with van der Waals surface area (Å²) in [6.07, 6.45) is 3.69. The van der Waals surface area contributed by atoms with Crippen molar-refractivity contribution in [3.05, 3.63) is 24.2 Å². The molecule has 15 heavy (non-hydrogen) atoms. The Hall–Kier alpha value is -1.13. The molecule has 0 aromatic carbocycles. The van der Waals surface area contributed by atoms with Gasteiger partial charge in [0.25, 0.3) is 0 Å². The van der Waals surface area contributed by atoms with Crippen molar-refractivity contribution in [2.75, 3.05) is 0 Å². The molecule has 2 aromatic rings. The number of fused-ring (bicyclic) bond motifs is 1. The Labute approximate surface area is 94.9 Å². The van der Waals surface area contributed by atoms with E-state index < -0.39 is 0 Å². The summed E-state index contributed by atoms with van der Waals surface area (Å²) in [6.45, 7) is 4.85. The summed E-state index contributed by atoms with van der Waals surface area (Å²) >= 11 is 0. The van der Waals surface area contributed by atoms with Crippen molar-refractivity contribution < 1.29 is 0 Å². The molecule has 2 rings (SSSR count). The zero-order chi connectivity index (χ0) is 10.1. The van der Waals surface area contributed by atoms with Crippen LogP contribution in [0.4, 0.5) is 0 Å². The molecule has 0 fully saturated rings. The first-order valence-corrected chi connectivity index (χ1v) is 4.79. The van der Waals surface area contributed by atoms with Gasteiger partial charge in [-0.2, -0.15) is 5.10 Å². The normalized spacial score (nSPS) is 12.5. The van der Waals surface area contributed by atoms with Crippen molar-refractivity contribution in [2.45, 2.75) is 26.4 Å². The highest BCUT2D eigenvalue weighted by molar-refractivity contribution is 5.85. The second-order valence-electron chi connectivity index (χ2n) is 3.42. The van der Waals surface area contributed by atoms with Crippen LogP contribution in [0.3, 0.4) is 0 Å². The van der Waals surface area contributed by atoms with Gasteiger partial charge in [-0.1, -0.05) is 0 Å². The maximum atomic E-state index is 5.75. The lowest BCUT2D eigenvalue weighted by Crippen LogP contribution is -2.07. The van der Waals surface area contributed by atoms with Crippen LogP contribution in [0, 0.1) is 0 Å². The molecule has 1 atom stereocenters. The van der Waals surface area contributed by atoms with Gasteiger partial charge in [0.1, 0.15) is 0 Å². The van der Waals surface area contributed by atoms with Crippen LogP contribution >= 0.6 is 12.4 Å². The van der Waals surface area contributed by atoms with E-state index in [1.807, 2.05) is 30.1 Å². The number of hydrogen-bond acceptors (Lipinski definition) is 3. The van der Waals surface area contributed by atoms with Gasteiger partial charge in [-0.05, 0) is 19.9 Å². The van der Waals surface area contributed by atoms with Gasteiger partial charge in [0.05, 0.1) is 23.6 Å². The number of pyridine rings is 1. The topological polar surface area (TPSA) is 56.7 Å². The van der Waals surface area contributed by atoms with Gasteiger partial charge in [0, 0.05) is 18.0 Å². The minimum absolute atomic E-state index is 0. The van der Waals surface area contributed by atoms with Crippen LogP contribution in [0.15, 0.2) is 18.5 Å². The molecule has 0 aliphatic carbocycles. The first kappa shape index (κ1) is 11.9. The Balaban J connectivity index is 0.00000112. The third kappa shape index (κ3) is 2.11. The lowest BCUT2D eigenvalue weighted by molar-refractivity contribution is 0.682. The molecule has 4 nitrogen and oxygen atoms in total. The van der Waals surface area contributed by atoms with Crippen molar-refractivity contribution in [1.29, 1.82) is 0 Å². The molecular formula is C10H15ClN4. The zero-order valence-electron chi connectivity index (χ0n) is 8.84. The maximum absolute atomic E-state index is 5.75.